The second kappa shape index (κ2) is 5.31. The highest BCUT2D eigenvalue weighted by molar-refractivity contribution is 5.86. The molecule has 6 heteroatoms. The highest BCUT2D eigenvalue weighted by atomic mass is 16.5. The molecule has 1 aromatic carbocycles. The third kappa shape index (κ3) is 2.65. The number of nitrogens with zero attached hydrogens (tertiary/aromatic N) is 2. The first-order valence-corrected chi connectivity index (χ1v) is 5.59. The molecular weight excluding hydrogens is 234 g/mol. The van der Waals surface area contributed by atoms with Crippen LogP contribution in [0.4, 0.5) is 0 Å². The number of aromatic amines is 1. The molecule has 6 nitrogen and oxygen atoms in total. The summed E-state index contributed by atoms with van der Waals surface area (Å²) >= 11 is 0. The molecule has 1 N–H and O–H groups in total. The molecule has 2 aromatic rings. The summed E-state index contributed by atoms with van der Waals surface area (Å²) in [4.78, 5) is 24.2. The number of aromatic nitrogens is 3. The number of nitrogens with one attached hydrogen (secondary N) is 1. The van der Waals surface area contributed by atoms with Gasteiger partial charge in [0.1, 0.15) is 0 Å². The maximum absolute atomic E-state index is 11.5. The van der Waals surface area contributed by atoms with E-state index in [-0.39, 0.29) is 12.3 Å². The van der Waals surface area contributed by atoms with Crippen LogP contribution in [0, 0.1) is 0 Å². The SMILES string of the molecule is CCOC(=O)c1nn(Cc2ccccc2)[nH]c1=O. The van der Waals surface area contributed by atoms with Gasteiger partial charge in [0.05, 0.1) is 13.2 Å². The highest BCUT2D eigenvalue weighted by Gasteiger charge is 2.16. The van der Waals surface area contributed by atoms with E-state index in [1.807, 2.05) is 30.3 Å². The van der Waals surface area contributed by atoms with Crippen LogP contribution in [0.2, 0.25) is 0 Å². The van der Waals surface area contributed by atoms with E-state index in [1.54, 1.807) is 6.92 Å². The third-order valence-electron chi connectivity index (χ3n) is 2.31. The number of hydrogen-bond donors (Lipinski definition) is 1. The molecule has 0 radical (unpaired) electrons. The summed E-state index contributed by atoms with van der Waals surface area (Å²) in [5.41, 5.74) is 0.226. The van der Waals surface area contributed by atoms with E-state index in [9.17, 15) is 9.59 Å². The minimum absolute atomic E-state index is 0.212. The molecule has 0 aliphatic carbocycles. The molecule has 0 saturated carbocycles. The van der Waals surface area contributed by atoms with E-state index in [4.69, 9.17) is 4.74 Å². The van der Waals surface area contributed by atoms with E-state index in [2.05, 4.69) is 10.2 Å². The fourth-order valence-electron chi connectivity index (χ4n) is 1.53. The lowest BCUT2D eigenvalue weighted by molar-refractivity contribution is 0.0517. The fraction of sp³-hybridized carbons (Fsp3) is 0.250. The van der Waals surface area contributed by atoms with Gasteiger partial charge in [-0.25, -0.2) is 9.89 Å². The average Bonchev–Trinajstić information content (AvgIpc) is 2.72. The molecule has 1 aromatic heterocycles. The number of carbonyl (C=O) groups excluding carboxylic acids is 1. The van der Waals surface area contributed by atoms with Crippen molar-refractivity contribution >= 4 is 5.97 Å². The smallest absolute Gasteiger partial charge is 0.364 e. The monoisotopic (exact) mass is 247 g/mol. The molecule has 0 amide bonds. The maximum atomic E-state index is 11.5. The van der Waals surface area contributed by atoms with Crippen molar-refractivity contribution in [2.75, 3.05) is 6.61 Å². The van der Waals surface area contributed by atoms with Crippen LogP contribution in [0.5, 0.6) is 0 Å². The molecule has 0 aliphatic rings. The minimum atomic E-state index is -0.703. The number of benzene rings is 1. The van der Waals surface area contributed by atoms with Gasteiger partial charge in [-0.05, 0) is 12.5 Å². The first kappa shape index (κ1) is 12.1. The summed E-state index contributed by atoms with van der Waals surface area (Å²) in [6.45, 7) is 2.28. The van der Waals surface area contributed by atoms with Crippen molar-refractivity contribution < 1.29 is 9.53 Å². The van der Waals surface area contributed by atoms with Crippen molar-refractivity contribution in [1.82, 2.24) is 15.0 Å². The molecule has 0 aliphatic heterocycles. The van der Waals surface area contributed by atoms with Crippen molar-refractivity contribution in [3.8, 4) is 0 Å². The Bertz CT molecular complexity index is 586. The van der Waals surface area contributed by atoms with Crippen LogP contribution in [-0.2, 0) is 11.3 Å². The number of ether oxygens (including phenoxy) is 1. The summed E-state index contributed by atoms with van der Waals surface area (Å²) in [5.74, 6) is -0.703. The van der Waals surface area contributed by atoms with Crippen LogP contribution >= 0.6 is 0 Å². The molecule has 1 heterocycles. The van der Waals surface area contributed by atoms with E-state index < -0.39 is 11.5 Å². The molecular formula is C12H13N3O3. The van der Waals surface area contributed by atoms with E-state index in [0.29, 0.717) is 6.54 Å². The Kier molecular flexibility index (Phi) is 3.57. The van der Waals surface area contributed by atoms with Gasteiger partial charge in [-0.15, -0.1) is 5.10 Å². The predicted octanol–water partition coefficient (Wildman–Crippen LogP) is 0.796. The zero-order valence-electron chi connectivity index (χ0n) is 9.92. The first-order chi connectivity index (χ1) is 8.70. The van der Waals surface area contributed by atoms with E-state index >= 15 is 0 Å². The van der Waals surface area contributed by atoms with Gasteiger partial charge < -0.3 is 4.74 Å². The van der Waals surface area contributed by atoms with Gasteiger partial charge in [0.15, 0.2) is 0 Å². The Balaban J connectivity index is 2.19. The second-order valence-corrected chi connectivity index (χ2v) is 3.65. The molecule has 94 valence electrons. The Hall–Kier alpha value is -2.37. The summed E-state index contributed by atoms with van der Waals surface area (Å²) in [6, 6.07) is 9.50. The molecule has 0 saturated heterocycles. The Morgan fingerprint density at radius 3 is 2.78 bits per heavy atom. The van der Waals surface area contributed by atoms with Crippen molar-refractivity contribution in [3.63, 3.8) is 0 Å². The van der Waals surface area contributed by atoms with Crippen LogP contribution < -0.4 is 5.56 Å². The molecule has 2 rings (SSSR count). The highest BCUT2D eigenvalue weighted by Crippen LogP contribution is 2.00. The van der Waals surface area contributed by atoms with Crippen LogP contribution in [-0.4, -0.2) is 27.6 Å². The quantitative estimate of drug-likeness (QED) is 0.810. The summed E-state index contributed by atoms with van der Waals surface area (Å²) in [6.07, 6.45) is 0. The van der Waals surface area contributed by atoms with Crippen LogP contribution in [0.25, 0.3) is 0 Å². The second-order valence-electron chi connectivity index (χ2n) is 3.65. The lowest BCUT2D eigenvalue weighted by Gasteiger charge is -2.00. The minimum Gasteiger partial charge on any atom is -0.461 e. The average molecular weight is 247 g/mol. The first-order valence-electron chi connectivity index (χ1n) is 5.59. The fourth-order valence-corrected chi connectivity index (χ4v) is 1.53. The number of esters is 1. The Labute approximate surface area is 103 Å². The van der Waals surface area contributed by atoms with Gasteiger partial charge in [-0.3, -0.25) is 4.79 Å². The lowest BCUT2D eigenvalue weighted by atomic mass is 10.2. The van der Waals surface area contributed by atoms with Crippen molar-refractivity contribution in [3.05, 3.63) is 51.9 Å². The number of rotatable bonds is 4. The molecule has 0 fully saturated rings. The lowest BCUT2D eigenvalue weighted by Crippen LogP contribution is -2.15. The van der Waals surface area contributed by atoms with Gasteiger partial charge in [-0.2, -0.15) is 4.80 Å². The van der Waals surface area contributed by atoms with Crippen molar-refractivity contribution in [2.45, 2.75) is 13.5 Å². The number of H-pyrrole nitrogens is 1. The molecule has 18 heavy (non-hydrogen) atoms. The van der Waals surface area contributed by atoms with E-state index in [0.717, 1.165) is 5.56 Å². The van der Waals surface area contributed by atoms with Crippen molar-refractivity contribution in [1.29, 1.82) is 0 Å². The van der Waals surface area contributed by atoms with Crippen molar-refractivity contribution in [2.24, 2.45) is 0 Å². The zero-order valence-corrected chi connectivity index (χ0v) is 9.92. The van der Waals surface area contributed by atoms with E-state index in [1.165, 1.54) is 4.80 Å². The predicted molar refractivity (Wildman–Crippen MR) is 64.3 cm³/mol. The molecule has 0 spiro atoms. The molecule has 0 unspecified atom stereocenters. The zero-order chi connectivity index (χ0) is 13.0. The van der Waals surface area contributed by atoms with Crippen LogP contribution in [0.15, 0.2) is 35.1 Å². The normalized spacial score (nSPS) is 10.3. The number of hydrogen-bond acceptors (Lipinski definition) is 4. The topological polar surface area (TPSA) is 77.0 Å². The van der Waals surface area contributed by atoms with Gasteiger partial charge in [0.2, 0.25) is 5.69 Å². The largest absolute Gasteiger partial charge is 0.461 e. The number of carbonyl (C=O) groups is 1. The molecule has 0 bridgehead atoms. The standard InChI is InChI=1S/C12H13N3O3/c1-2-18-12(17)10-11(16)14-15(13-10)8-9-6-4-3-5-7-9/h3-7H,2,8H2,1H3,(H,14,16). The maximum Gasteiger partial charge on any atom is 0.364 e. The Morgan fingerprint density at radius 1 is 1.39 bits per heavy atom. The van der Waals surface area contributed by atoms with Gasteiger partial charge >= 0.3 is 5.97 Å². The summed E-state index contributed by atoms with van der Waals surface area (Å²) < 4.78 is 4.74. The van der Waals surface area contributed by atoms with Crippen LogP contribution in [0.3, 0.4) is 0 Å². The van der Waals surface area contributed by atoms with Gasteiger partial charge in [0.25, 0.3) is 5.56 Å². The third-order valence-corrected chi connectivity index (χ3v) is 2.31. The Morgan fingerprint density at radius 2 is 2.11 bits per heavy atom. The van der Waals surface area contributed by atoms with Gasteiger partial charge in [-0.1, -0.05) is 30.3 Å². The summed E-state index contributed by atoms with van der Waals surface area (Å²) in [7, 11) is 0. The summed E-state index contributed by atoms with van der Waals surface area (Å²) in [5, 5.41) is 6.38. The van der Waals surface area contributed by atoms with Crippen LogP contribution in [0.1, 0.15) is 23.0 Å². The van der Waals surface area contributed by atoms with Gasteiger partial charge in [0, 0.05) is 0 Å². The molecule has 0 atom stereocenters.